The Morgan fingerprint density at radius 1 is 1.33 bits per heavy atom. The fourth-order valence-corrected chi connectivity index (χ4v) is 3.55. The Morgan fingerprint density at radius 2 is 2.14 bits per heavy atom. The second-order valence-electron chi connectivity index (χ2n) is 5.29. The second kappa shape index (κ2) is 6.37. The number of rotatable bonds is 3. The Kier molecular flexibility index (Phi) is 4.31. The van der Waals surface area contributed by atoms with Gasteiger partial charge in [0.05, 0.1) is 0 Å². The maximum absolute atomic E-state index is 12.6. The molecule has 0 spiro atoms. The largest absolute Gasteiger partial charge is 0.333 e. The van der Waals surface area contributed by atoms with E-state index in [1.807, 2.05) is 40.6 Å². The van der Waals surface area contributed by atoms with Crippen molar-refractivity contribution in [2.24, 2.45) is 5.73 Å². The van der Waals surface area contributed by atoms with Crippen molar-refractivity contribution in [3.05, 3.63) is 41.4 Å². The molecular formula is C16H19N3OS. The van der Waals surface area contributed by atoms with Crippen molar-refractivity contribution in [2.45, 2.75) is 25.3 Å². The number of aromatic nitrogens is 1. The molecule has 110 valence electrons. The van der Waals surface area contributed by atoms with Gasteiger partial charge in [0, 0.05) is 30.1 Å². The van der Waals surface area contributed by atoms with E-state index in [9.17, 15) is 4.79 Å². The fraction of sp³-hybridized carbons (Fsp3) is 0.375. The van der Waals surface area contributed by atoms with Crippen LogP contribution >= 0.6 is 11.3 Å². The molecule has 1 aromatic carbocycles. The lowest BCUT2D eigenvalue weighted by Crippen LogP contribution is -2.47. The van der Waals surface area contributed by atoms with Gasteiger partial charge in [-0.25, -0.2) is 4.98 Å². The first kappa shape index (κ1) is 14.2. The zero-order valence-electron chi connectivity index (χ0n) is 11.9. The summed E-state index contributed by atoms with van der Waals surface area (Å²) in [4.78, 5) is 19.0. The molecule has 1 aliphatic rings. The molecule has 1 amide bonds. The molecule has 1 unspecified atom stereocenters. The Hall–Kier alpha value is -1.72. The highest BCUT2D eigenvalue weighted by Gasteiger charge is 2.27. The minimum Gasteiger partial charge on any atom is -0.333 e. The summed E-state index contributed by atoms with van der Waals surface area (Å²) in [7, 11) is 0. The molecule has 0 radical (unpaired) electrons. The zero-order chi connectivity index (χ0) is 14.7. The first-order valence-corrected chi connectivity index (χ1v) is 8.19. The van der Waals surface area contributed by atoms with Gasteiger partial charge >= 0.3 is 0 Å². The highest BCUT2D eigenvalue weighted by Crippen LogP contribution is 2.25. The molecule has 1 atom stereocenters. The van der Waals surface area contributed by atoms with Crippen LogP contribution in [0.1, 0.15) is 29.8 Å². The van der Waals surface area contributed by atoms with E-state index in [1.165, 1.54) is 11.3 Å². The van der Waals surface area contributed by atoms with Gasteiger partial charge in [-0.15, -0.1) is 11.3 Å². The summed E-state index contributed by atoms with van der Waals surface area (Å²) in [6, 6.07) is 10.1. The van der Waals surface area contributed by atoms with E-state index in [-0.39, 0.29) is 11.9 Å². The van der Waals surface area contributed by atoms with E-state index < -0.39 is 0 Å². The standard InChI is InChI=1S/C16H19N3OS/c17-10-13-8-4-5-9-19(13)16(20)14-11-21-15(18-14)12-6-2-1-3-7-12/h1-3,6-7,11,13H,4-5,8-10,17H2. The van der Waals surface area contributed by atoms with Gasteiger partial charge in [0.1, 0.15) is 10.7 Å². The Balaban J connectivity index is 1.81. The lowest BCUT2D eigenvalue weighted by Gasteiger charge is -2.34. The minimum atomic E-state index is 0.0172. The third-order valence-corrected chi connectivity index (χ3v) is 4.80. The van der Waals surface area contributed by atoms with E-state index in [2.05, 4.69) is 4.98 Å². The quantitative estimate of drug-likeness (QED) is 0.948. The first-order valence-electron chi connectivity index (χ1n) is 7.31. The van der Waals surface area contributed by atoms with Crippen molar-refractivity contribution < 1.29 is 4.79 Å². The number of hydrogen-bond donors (Lipinski definition) is 1. The van der Waals surface area contributed by atoms with Crippen molar-refractivity contribution >= 4 is 17.2 Å². The summed E-state index contributed by atoms with van der Waals surface area (Å²) in [6.07, 6.45) is 3.20. The number of carbonyl (C=O) groups excluding carboxylic acids is 1. The summed E-state index contributed by atoms with van der Waals surface area (Å²) < 4.78 is 0. The molecular weight excluding hydrogens is 282 g/mol. The Morgan fingerprint density at radius 3 is 2.90 bits per heavy atom. The average Bonchev–Trinajstić information content (AvgIpc) is 3.05. The predicted octanol–water partition coefficient (Wildman–Crippen LogP) is 2.76. The maximum Gasteiger partial charge on any atom is 0.273 e. The molecule has 21 heavy (non-hydrogen) atoms. The molecule has 2 N–H and O–H groups in total. The van der Waals surface area contributed by atoms with Gasteiger partial charge in [0.2, 0.25) is 0 Å². The van der Waals surface area contributed by atoms with Crippen LogP contribution in [0.3, 0.4) is 0 Å². The monoisotopic (exact) mass is 301 g/mol. The number of carbonyl (C=O) groups is 1. The Labute approximate surface area is 128 Å². The summed E-state index contributed by atoms with van der Waals surface area (Å²) in [5, 5.41) is 2.74. The van der Waals surface area contributed by atoms with Gasteiger partial charge in [0.15, 0.2) is 0 Å². The van der Waals surface area contributed by atoms with Gasteiger partial charge in [-0.1, -0.05) is 30.3 Å². The summed E-state index contributed by atoms with van der Waals surface area (Å²) in [5.74, 6) is 0.0172. The summed E-state index contributed by atoms with van der Waals surface area (Å²) in [6.45, 7) is 1.32. The number of amides is 1. The van der Waals surface area contributed by atoms with Crippen LogP contribution in [0.4, 0.5) is 0 Å². The number of hydrogen-bond acceptors (Lipinski definition) is 4. The second-order valence-corrected chi connectivity index (χ2v) is 6.15. The molecule has 5 heteroatoms. The number of thiazole rings is 1. The third-order valence-electron chi connectivity index (χ3n) is 3.90. The number of nitrogens with zero attached hydrogens (tertiary/aromatic N) is 2. The molecule has 3 rings (SSSR count). The molecule has 2 aromatic rings. The number of piperidine rings is 1. The third kappa shape index (κ3) is 2.99. The summed E-state index contributed by atoms with van der Waals surface area (Å²) >= 11 is 1.51. The lowest BCUT2D eigenvalue weighted by molar-refractivity contribution is 0.0618. The van der Waals surface area contributed by atoms with Gasteiger partial charge in [0.25, 0.3) is 5.91 Å². The Bertz CT molecular complexity index is 611. The van der Waals surface area contributed by atoms with Crippen LogP contribution < -0.4 is 5.73 Å². The molecule has 4 nitrogen and oxygen atoms in total. The molecule has 1 aromatic heterocycles. The highest BCUT2D eigenvalue weighted by molar-refractivity contribution is 7.13. The highest BCUT2D eigenvalue weighted by atomic mass is 32.1. The van der Waals surface area contributed by atoms with Gasteiger partial charge in [-0.2, -0.15) is 0 Å². The van der Waals surface area contributed by atoms with Crippen LogP contribution in [-0.2, 0) is 0 Å². The van der Waals surface area contributed by atoms with Crippen LogP contribution in [0, 0.1) is 0 Å². The molecule has 1 saturated heterocycles. The molecule has 0 bridgehead atoms. The van der Waals surface area contributed by atoms with E-state index in [0.717, 1.165) is 36.4 Å². The van der Waals surface area contributed by atoms with Crippen molar-refractivity contribution in [3.63, 3.8) is 0 Å². The van der Waals surface area contributed by atoms with Crippen molar-refractivity contribution in [1.82, 2.24) is 9.88 Å². The summed E-state index contributed by atoms with van der Waals surface area (Å²) in [5.41, 5.74) is 7.39. The minimum absolute atomic E-state index is 0.0172. The van der Waals surface area contributed by atoms with Crippen LogP contribution in [0.2, 0.25) is 0 Å². The van der Waals surface area contributed by atoms with Crippen LogP contribution in [0.5, 0.6) is 0 Å². The van der Waals surface area contributed by atoms with Crippen molar-refractivity contribution in [3.8, 4) is 10.6 Å². The average molecular weight is 301 g/mol. The van der Waals surface area contributed by atoms with E-state index in [1.54, 1.807) is 0 Å². The molecule has 0 aliphatic carbocycles. The number of nitrogens with two attached hydrogens (primary N) is 1. The topological polar surface area (TPSA) is 59.2 Å². The maximum atomic E-state index is 12.6. The van der Waals surface area contributed by atoms with Gasteiger partial charge in [-0.05, 0) is 19.3 Å². The van der Waals surface area contributed by atoms with Crippen LogP contribution in [-0.4, -0.2) is 34.9 Å². The number of likely N-dealkylation sites (tertiary alicyclic amines) is 1. The molecule has 1 aliphatic heterocycles. The predicted molar refractivity (Wildman–Crippen MR) is 85.3 cm³/mol. The SMILES string of the molecule is NCC1CCCCN1C(=O)c1csc(-c2ccccc2)n1. The fourth-order valence-electron chi connectivity index (χ4n) is 2.75. The van der Waals surface area contributed by atoms with Crippen LogP contribution in [0.15, 0.2) is 35.7 Å². The lowest BCUT2D eigenvalue weighted by atomic mass is 10.0. The zero-order valence-corrected chi connectivity index (χ0v) is 12.7. The van der Waals surface area contributed by atoms with Crippen molar-refractivity contribution in [1.29, 1.82) is 0 Å². The van der Waals surface area contributed by atoms with E-state index in [4.69, 9.17) is 5.73 Å². The van der Waals surface area contributed by atoms with Crippen LogP contribution in [0.25, 0.3) is 10.6 Å². The first-order chi connectivity index (χ1) is 10.3. The smallest absolute Gasteiger partial charge is 0.273 e. The molecule has 1 fully saturated rings. The van der Waals surface area contributed by atoms with Gasteiger partial charge < -0.3 is 10.6 Å². The van der Waals surface area contributed by atoms with Gasteiger partial charge in [-0.3, -0.25) is 4.79 Å². The normalized spacial score (nSPS) is 18.7. The van der Waals surface area contributed by atoms with E-state index in [0.29, 0.717) is 12.2 Å². The van der Waals surface area contributed by atoms with Crippen molar-refractivity contribution in [2.75, 3.05) is 13.1 Å². The number of benzene rings is 1. The molecule has 2 heterocycles. The molecule has 0 saturated carbocycles. The van der Waals surface area contributed by atoms with E-state index >= 15 is 0 Å².